The number of phenols is 1. The SMILES string of the molecule is CN(CC1CCOCC1)C(=O)c1cc(Cl)ccc1O. The van der Waals surface area contributed by atoms with E-state index >= 15 is 0 Å². The number of benzene rings is 1. The summed E-state index contributed by atoms with van der Waals surface area (Å²) in [5.41, 5.74) is 0.252. The van der Waals surface area contributed by atoms with Crippen LogP contribution >= 0.6 is 11.6 Å². The lowest BCUT2D eigenvalue weighted by atomic mass is 9.99. The van der Waals surface area contributed by atoms with Gasteiger partial charge in [0.2, 0.25) is 0 Å². The van der Waals surface area contributed by atoms with Crippen LogP contribution in [-0.4, -0.2) is 42.7 Å². The molecule has 0 bridgehead atoms. The maximum absolute atomic E-state index is 12.3. The normalized spacial score (nSPS) is 16.3. The zero-order valence-electron chi connectivity index (χ0n) is 10.9. The van der Waals surface area contributed by atoms with Crippen molar-refractivity contribution in [1.82, 2.24) is 4.90 Å². The number of aromatic hydroxyl groups is 1. The zero-order valence-corrected chi connectivity index (χ0v) is 11.7. The van der Waals surface area contributed by atoms with E-state index in [1.807, 2.05) is 0 Å². The number of phenolic OH excluding ortho intramolecular Hbond substituents is 1. The minimum Gasteiger partial charge on any atom is -0.507 e. The van der Waals surface area contributed by atoms with Crippen molar-refractivity contribution in [2.24, 2.45) is 5.92 Å². The van der Waals surface area contributed by atoms with Crippen LogP contribution in [0.1, 0.15) is 23.2 Å². The van der Waals surface area contributed by atoms with Gasteiger partial charge in [0.05, 0.1) is 5.56 Å². The van der Waals surface area contributed by atoms with Crippen molar-refractivity contribution in [3.05, 3.63) is 28.8 Å². The third kappa shape index (κ3) is 3.61. The summed E-state index contributed by atoms with van der Waals surface area (Å²) in [5, 5.41) is 10.2. The minimum atomic E-state index is -0.202. The lowest BCUT2D eigenvalue weighted by Crippen LogP contribution is -2.34. The van der Waals surface area contributed by atoms with Gasteiger partial charge in [0, 0.05) is 31.8 Å². The first-order valence-corrected chi connectivity index (χ1v) is 6.77. The van der Waals surface area contributed by atoms with Crippen LogP contribution in [0.2, 0.25) is 5.02 Å². The molecular weight excluding hydrogens is 266 g/mol. The van der Waals surface area contributed by atoms with E-state index in [1.54, 1.807) is 18.0 Å². The molecule has 1 saturated heterocycles. The molecule has 19 heavy (non-hydrogen) atoms. The monoisotopic (exact) mass is 283 g/mol. The van der Waals surface area contributed by atoms with Crippen LogP contribution in [-0.2, 0) is 4.74 Å². The molecule has 1 amide bonds. The average molecular weight is 284 g/mol. The van der Waals surface area contributed by atoms with Crippen LogP contribution in [0, 0.1) is 5.92 Å². The van der Waals surface area contributed by atoms with Crippen molar-refractivity contribution in [2.75, 3.05) is 26.8 Å². The molecule has 1 N–H and O–H groups in total. The number of ether oxygens (including phenoxy) is 1. The summed E-state index contributed by atoms with van der Waals surface area (Å²) < 4.78 is 5.30. The van der Waals surface area contributed by atoms with Gasteiger partial charge < -0.3 is 14.7 Å². The Bertz CT molecular complexity index is 458. The summed E-state index contributed by atoms with van der Waals surface area (Å²) in [7, 11) is 1.75. The standard InChI is InChI=1S/C14H18ClNO3/c1-16(9-10-4-6-19-7-5-10)14(18)12-8-11(15)2-3-13(12)17/h2-3,8,10,17H,4-7,9H2,1H3. The highest BCUT2D eigenvalue weighted by molar-refractivity contribution is 6.31. The van der Waals surface area contributed by atoms with Crippen LogP contribution < -0.4 is 0 Å². The van der Waals surface area contributed by atoms with Gasteiger partial charge in [0.15, 0.2) is 0 Å². The molecular formula is C14H18ClNO3. The molecule has 0 radical (unpaired) electrons. The second-order valence-electron chi connectivity index (χ2n) is 4.90. The van der Waals surface area contributed by atoms with E-state index in [1.165, 1.54) is 12.1 Å². The maximum Gasteiger partial charge on any atom is 0.257 e. The number of carbonyl (C=O) groups is 1. The van der Waals surface area contributed by atoms with Crippen LogP contribution in [0.25, 0.3) is 0 Å². The second kappa shape index (κ2) is 6.26. The summed E-state index contributed by atoms with van der Waals surface area (Å²) in [6.07, 6.45) is 1.94. The molecule has 1 fully saturated rings. The molecule has 0 aliphatic carbocycles. The van der Waals surface area contributed by atoms with Crippen molar-refractivity contribution >= 4 is 17.5 Å². The van der Waals surface area contributed by atoms with Gasteiger partial charge in [-0.2, -0.15) is 0 Å². The maximum atomic E-state index is 12.3. The Kier molecular flexibility index (Phi) is 4.66. The van der Waals surface area contributed by atoms with Crippen molar-refractivity contribution in [1.29, 1.82) is 0 Å². The Morgan fingerprint density at radius 1 is 1.47 bits per heavy atom. The van der Waals surface area contributed by atoms with E-state index < -0.39 is 0 Å². The Morgan fingerprint density at radius 2 is 2.16 bits per heavy atom. The molecule has 1 heterocycles. The minimum absolute atomic E-state index is 0.0340. The summed E-state index contributed by atoms with van der Waals surface area (Å²) in [5.74, 6) is 0.226. The lowest BCUT2D eigenvalue weighted by molar-refractivity contribution is 0.0496. The van der Waals surface area contributed by atoms with E-state index in [4.69, 9.17) is 16.3 Å². The van der Waals surface area contributed by atoms with Crippen molar-refractivity contribution in [3.8, 4) is 5.75 Å². The van der Waals surface area contributed by atoms with E-state index in [0.29, 0.717) is 17.5 Å². The van der Waals surface area contributed by atoms with Gasteiger partial charge in [-0.3, -0.25) is 4.79 Å². The number of carbonyl (C=O) groups excluding carboxylic acids is 1. The molecule has 1 aliphatic heterocycles. The predicted molar refractivity (Wildman–Crippen MR) is 73.6 cm³/mol. The fourth-order valence-corrected chi connectivity index (χ4v) is 2.46. The second-order valence-corrected chi connectivity index (χ2v) is 5.34. The number of nitrogens with zero attached hydrogens (tertiary/aromatic N) is 1. The van der Waals surface area contributed by atoms with E-state index in [2.05, 4.69) is 0 Å². The Hall–Kier alpha value is -1.26. The number of hydrogen-bond acceptors (Lipinski definition) is 3. The van der Waals surface area contributed by atoms with Crippen molar-refractivity contribution in [3.63, 3.8) is 0 Å². The number of hydrogen-bond donors (Lipinski definition) is 1. The molecule has 0 spiro atoms. The molecule has 104 valence electrons. The third-order valence-corrected chi connectivity index (χ3v) is 3.64. The number of rotatable bonds is 3. The zero-order chi connectivity index (χ0) is 13.8. The number of amides is 1. The molecule has 4 nitrogen and oxygen atoms in total. The van der Waals surface area contributed by atoms with Crippen LogP contribution in [0.3, 0.4) is 0 Å². The predicted octanol–water partition coefficient (Wildman–Crippen LogP) is 2.54. The molecule has 0 unspecified atom stereocenters. The Balaban J connectivity index is 2.03. The van der Waals surface area contributed by atoms with Crippen molar-refractivity contribution < 1.29 is 14.6 Å². The summed E-state index contributed by atoms with van der Waals surface area (Å²) in [6.45, 7) is 2.19. The number of halogens is 1. The highest BCUT2D eigenvalue weighted by Crippen LogP contribution is 2.24. The van der Waals surface area contributed by atoms with Gasteiger partial charge in [-0.15, -0.1) is 0 Å². The van der Waals surface area contributed by atoms with E-state index in [9.17, 15) is 9.90 Å². The molecule has 1 aromatic rings. The van der Waals surface area contributed by atoms with E-state index in [0.717, 1.165) is 26.1 Å². The highest BCUT2D eigenvalue weighted by atomic mass is 35.5. The molecule has 1 aromatic carbocycles. The molecule has 0 aromatic heterocycles. The molecule has 2 rings (SSSR count). The Morgan fingerprint density at radius 3 is 2.84 bits per heavy atom. The van der Waals surface area contributed by atoms with Gasteiger partial charge in [-0.1, -0.05) is 11.6 Å². The first-order valence-electron chi connectivity index (χ1n) is 6.39. The third-order valence-electron chi connectivity index (χ3n) is 3.41. The first-order chi connectivity index (χ1) is 9.08. The molecule has 5 heteroatoms. The lowest BCUT2D eigenvalue weighted by Gasteiger charge is -2.27. The van der Waals surface area contributed by atoms with Gasteiger partial charge in [0.25, 0.3) is 5.91 Å². The van der Waals surface area contributed by atoms with Crippen LogP contribution in [0.5, 0.6) is 5.75 Å². The quantitative estimate of drug-likeness (QED) is 0.927. The smallest absolute Gasteiger partial charge is 0.257 e. The van der Waals surface area contributed by atoms with Gasteiger partial charge in [0.1, 0.15) is 5.75 Å². The van der Waals surface area contributed by atoms with Crippen molar-refractivity contribution in [2.45, 2.75) is 12.8 Å². The highest BCUT2D eigenvalue weighted by Gasteiger charge is 2.21. The molecule has 1 aliphatic rings. The van der Waals surface area contributed by atoms with Gasteiger partial charge >= 0.3 is 0 Å². The summed E-state index contributed by atoms with van der Waals surface area (Å²) in [6, 6.07) is 4.50. The van der Waals surface area contributed by atoms with Crippen LogP contribution in [0.4, 0.5) is 0 Å². The topological polar surface area (TPSA) is 49.8 Å². The van der Waals surface area contributed by atoms with Gasteiger partial charge in [-0.05, 0) is 37.0 Å². The first kappa shape index (κ1) is 14.2. The summed E-state index contributed by atoms with van der Waals surface area (Å²) in [4.78, 5) is 13.9. The Labute approximate surface area is 117 Å². The molecule has 0 atom stereocenters. The van der Waals surface area contributed by atoms with Crippen LogP contribution in [0.15, 0.2) is 18.2 Å². The average Bonchev–Trinajstić information content (AvgIpc) is 2.42. The largest absolute Gasteiger partial charge is 0.507 e. The molecule has 0 saturated carbocycles. The van der Waals surface area contributed by atoms with Gasteiger partial charge in [-0.25, -0.2) is 0 Å². The fraction of sp³-hybridized carbons (Fsp3) is 0.500. The fourth-order valence-electron chi connectivity index (χ4n) is 2.28. The van der Waals surface area contributed by atoms with E-state index in [-0.39, 0.29) is 17.2 Å². The summed E-state index contributed by atoms with van der Waals surface area (Å²) >= 11 is 5.86.